The Hall–Kier alpha value is 0.233. The van der Waals surface area contributed by atoms with Gasteiger partial charge in [-0.1, -0.05) is 6.92 Å². The van der Waals surface area contributed by atoms with Gasteiger partial charge in [0.05, 0.1) is 0 Å². The fourth-order valence-electron chi connectivity index (χ4n) is 0.342. The molecule has 1 aromatic carbocycles. The van der Waals surface area contributed by atoms with E-state index in [2.05, 4.69) is 19.1 Å². The SMILES string of the molecule is CC=C(C)[SiH2-].Cl.[Mg+2].[c-]1ccccc1. The van der Waals surface area contributed by atoms with Crippen molar-refractivity contribution < 1.29 is 0 Å². The maximum absolute atomic E-state index is 2.89. The molecule has 0 amide bonds. The van der Waals surface area contributed by atoms with Crippen LogP contribution in [0.2, 0.25) is 0 Å². The van der Waals surface area contributed by atoms with Gasteiger partial charge in [-0.05, 0) is 6.92 Å². The molecule has 1 rings (SSSR count). The number of rotatable bonds is 0. The maximum Gasteiger partial charge on any atom is 2.00 e. The minimum atomic E-state index is 0. The van der Waals surface area contributed by atoms with E-state index in [1.807, 2.05) is 47.5 Å². The van der Waals surface area contributed by atoms with Crippen LogP contribution < -0.4 is 0 Å². The predicted molar refractivity (Wildman–Crippen MR) is 66.3 cm³/mol. The van der Waals surface area contributed by atoms with Crippen LogP contribution in [0.1, 0.15) is 13.8 Å². The van der Waals surface area contributed by atoms with Crippen molar-refractivity contribution in [1.29, 1.82) is 0 Å². The maximum atomic E-state index is 2.89. The van der Waals surface area contributed by atoms with Crippen LogP contribution in [0.5, 0.6) is 0 Å². The Kier molecular flexibility index (Phi) is 21.4. The topological polar surface area (TPSA) is 0 Å². The Bertz CT molecular complexity index is 169. The van der Waals surface area contributed by atoms with E-state index >= 15 is 0 Å². The standard InChI is InChI=1S/C6H5.C4H9Si.ClH.Mg/c1-2-4-6-5-3-1;1-3-4(2)5;;/h1-5H;3H,5H2,1-2H3;1H;/q2*-1;;+2. The van der Waals surface area contributed by atoms with Gasteiger partial charge < -0.3 is 10.2 Å². The van der Waals surface area contributed by atoms with Gasteiger partial charge >= 0.3 is 23.1 Å². The molecule has 13 heavy (non-hydrogen) atoms. The van der Waals surface area contributed by atoms with Crippen LogP contribution in [0.4, 0.5) is 0 Å². The van der Waals surface area contributed by atoms with E-state index in [1.54, 1.807) is 0 Å². The molecule has 0 spiro atoms. The minimum Gasteiger partial charge on any atom is -0.326 e. The summed E-state index contributed by atoms with van der Waals surface area (Å²) in [5, 5.41) is 1.41. The monoisotopic (exact) mass is 222 g/mol. The summed E-state index contributed by atoms with van der Waals surface area (Å²) in [6.45, 7) is 4.14. The van der Waals surface area contributed by atoms with Crippen molar-refractivity contribution in [2.45, 2.75) is 13.8 Å². The van der Waals surface area contributed by atoms with Crippen molar-refractivity contribution in [3.8, 4) is 0 Å². The second-order valence-corrected chi connectivity index (χ2v) is 3.33. The third kappa shape index (κ3) is 18.9. The molecular formula is C10H15ClMgSi. The first-order valence-corrected chi connectivity index (χ1v) is 4.34. The summed E-state index contributed by atoms with van der Waals surface area (Å²) in [5.74, 6) is 0. The van der Waals surface area contributed by atoms with Crippen molar-refractivity contribution >= 4 is 45.7 Å². The number of allylic oxidation sites excluding steroid dienone is 2. The molecule has 68 valence electrons. The summed E-state index contributed by atoms with van der Waals surface area (Å²) < 4.78 is 0. The minimum absolute atomic E-state index is 0. The molecule has 0 saturated carbocycles. The van der Waals surface area contributed by atoms with E-state index in [-0.39, 0.29) is 35.5 Å². The molecule has 0 N–H and O–H groups in total. The average Bonchev–Trinajstić information content (AvgIpc) is 2.09. The van der Waals surface area contributed by atoms with Crippen LogP contribution in [0.15, 0.2) is 41.6 Å². The van der Waals surface area contributed by atoms with Gasteiger partial charge in [0.2, 0.25) is 0 Å². The van der Waals surface area contributed by atoms with Crippen molar-refractivity contribution in [3.63, 3.8) is 0 Å². The largest absolute Gasteiger partial charge is 2.00 e. The molecular weight excluding hydrogens is 208 g/mol. The van der Waals surface area contributed by atoms with Crippen LogP contribution in [-0.2, 0) is 0 Å². The van der Waals surface area contributed by atoms with Crippen LogP contribution in [0.25, 0.3) is 0 Å². The summed E-state index contributed by atoms with van der Waals surface area (Å²) in [6.07, 6.45) is 2.10. The van der Waals surface area contributed by atoms with Gasteiger partial charge in [0, 0.05) is 0 Å². The summed E-state index contributed by atoms with van der Waals surface area (Å²) in [4.78, 5) is 0. The molecule has 0 saturated heterocycles. The normalized spacial score (nSPS) is 8.31. The summed E-state index contributed by atoms with van der Waals surface area (Å²) >= 11 is 0. The zero-order valence-electron chi connectivity index (χ0n) is 8.29. The molecule has 0 aliphatic rings. The third-order valence-electron chi connectivity index (χ3n) is 1.10. The van der Waals surface area contributed by atoms with Crippen LogP contribution in [-0.4, -0.2) is 33.3 Å². The van der Waals surface area contributed by atoms with Crippen molar-refractivity contribution in [2.75, 3.05) is 0 Å². The summed E-state index contributed by atoms with van der Waals surface area (Å²) in [5.41, 5.74) is 0. The summed E-state index contributed by atoms with van der Waals surface area (Å²) in [6, 6.07) is 12.5. The van der Waals surface area contributed by atoms with Gasteiger partial charge in [0.25, 0.3) is 0 Å². The van der Waals surface area contributed by atoms with E-state index in [4.69, 9.17) is 0 Å². The van der Waals surface area contributed by atoms with Crippen LogP contribution >= 0.6 is 12.4 Å². The van der Waals surface area contributed by atoms with Gasteiger partial charge in [0.1, 0.15) is 0 Å². The van der Waals surface area contributed by atoms with Gasteiger partial charge in [-0.25, -0.2) is 5.20 Å². The molecule has 0 nitrogen and oxygen atoms in total. The zero-order valence-corrected chi connectivity index (χ0v) is 11.9. The molecule has 0 aliphatic carbocycles. The Morgan fingerprint density at radius 1 is 1.23 bits per heavy atom. The van der Waals surface area contributed by atoms with E-state index in [1.165, 1.54) is 5.20 Å². The first kappa shape index (κ1) is 18.9. The first-order valence-electron chi connectivity index (χ1n) is 3.63. The molecule has 0 heterocycles. The fraction of sp³-hybridized carbons (Fsp3) is 0.200. The Balaban J connectivity index is -0.000000136. The molecule has 1 aromatic rings. The van der Waals surface area contributed by atoms with Crippen molar-refractivity contribution in [1.82, 2.24) is 0 Å². The summed E-state index contributed by atoms with van der Waals surface area (Å²) in [7, 11) is 1.91. The smallest absolute Gasteiger partial charge is 0.326 e. The zero-order chi connectivity index (χ0) is 8.53. The number of halogens is 1. The average molecular weight is 223 g/mol. The van der Waals surface area contributed by atoms with Gasteiger partial charge in [-0.2, -0.15) is 36.4 Å². The molecule has 0 aromatic heterocycles. The van der Waals surface area contributed by atoms with E-state index in [0.29, 0.717) is 0 Å². The number of benzene rings is 1. The third-order valence-corrected chi connectivity index (χ3v) is 1.51. The molecule has 0 atom stereocenters. The first-order chi connectivity index (χ1) is 5.27. The van der Waals surface area contributed by atoms with Crippen molar-refractivity contribution in [3.05, 3.63) is 47.7 Å². The quantitative estimate of drug-likeness (QED) is 0.466. The van der Waals surface area contributed by atoms with Gasteiger partial charge in [-0.3, -0.25) is 0 Å². The molecule has 0 fully saturated rings. The fourth-order valence-corrected chi connectivity index (χ4v) is 0.342. The molecule has 0 aliphatic heterocycles. The van der Waals surface area contributed by atoms with Crippen LogP contribution in [0.3, 0.4) is 0 Å². The molecule has 0 unspecified atom stereocenters. The van der Waals surface area contributed by atoms with Crippen LogP contribution in [0, 0.1) is 6.07 Å². The molecule has 3 heteroatoms. The van der Waals surface area contributed by atoms with Gasteiger partial charge in [0.15, 0.2) is 0 Å². The van der Waals surface area contributed by atoms with Gasteiger partial charge in [-0.15, -0.1) is 18.5 Å². The Morgan fingerprint density at radius 3 is 1.69 bits per heavy atom. The second-order valence-electron chi connectivity index (χ2n) is 2.21. The Labute approximate surface area is 107 Å². The van der Waals surface area contributed by atoms with Crippen molar-refractivity contribution in [2.24, 2.45) is 0 Å². The van der Waals surface area contributed by atoms with E-state index < -0.39 is 0 Å². The number of hydrogen-bond acceptors (Lipinski definition) is 0. The molecule has 0 radical (unpaired) electrons. The second kappa shape index (κ2) is 14.7. The number of hydrogen-bond donors (Lipinski definition) is 0. The van der Waals surface area contributed by atoms with E-state index in [0.717, 1.165) is 0 Å². The van der Waals surface area contributed by atoms with E-state index in [9.17, 15) is 0 Å². The Morgan fingerprint density at radius 2 is 1.62 bits per heavy atom. The predicted octanol–water partition coefficient (Wildman–Crippen LogP) is 2.07. The molecule has 0 bridgehead atoms.